The van der Waals surface area contributed by atoms with Crippen LogP contribution < -0.4 is 10.4 Å². The molecular weight excluding hydrogens is 821 g/mol. The lowest BCUT2D eigenvalue weighted by Crippen LogP contribution is -2.67. The molecule has 65 heavy (non-hydrogen) atoms. The zero-order chi connectivity index (χ0) is 45.6. The van der Waals surface area contributed by atoms with E-state index in [4.69, 9.17) is 28.1 Å². The largest absolute Gasteiger partial charge is 0.405 e. The number of hydrogen-bond acceptors (Lipinski definition) is 6. The Labute approximate surface area is 392 Å². The summed E-state index contributed by atoms with van der Waals surface area (Å²) >= 11 is 0. The third kappa shape index (κ3) is 15.7. The number of benzene rings is 5. The third-order valence-corrected chi connectivity index (χ3v) is 17.9. The monoisotopic (exact) mass is 897 g/mol. The van der Waals surface area contributed by atoms with E-state index >= 15 is 0 Å². The van der Waals surface area contributed by atoms with Crippen molar-refractivity contribution < 1.29 is 28.1 Å². The highest BCUT2D eigenvalue weighted by Crippen LogP contribution is 2.38. The molecule has 348 valence electrons. The van der Waals surface area contributed by atoms with Crippen LogP contribution in [0.3, 0.4) is 0 Å². The molecular formula is C58H76O6Si. The summed E-state index contributed by atoms with van der Waals surface area (Å²) < 4.78 is 39.9. The minimum atomic E-state index is -2.54. The Morgan fingerprint density at radius 2 is 0.954 bits per heavy atom. The molecule has 1 saturated heterocycles. The molecule has 6 nitrogen and oxygen atoms in total. The summed E-state index contributed by atoms with van der Waals surface area (Å²) in [6.07, 6.45) is 10.8. The molecule has 0 unspecified atom stereocenters. The predicted octanol–water partition coefficient (Wildman–Crippen LogP) is 12.9. The second-order valence-electron chi connectivity index (χ2n) is 18.8. The smallest absolute Gasteiger partial charge is 0.261 e. The zero-order valence-electron chi connectivity index (χ0n) is 39.8. The summed E-state index contributed by atoms with van der Waals surface area (Å²) in [4.78, 5) is 0. The standard InChI is InChI=1S/C58H76O6Si/c1-47(43-55-59-41-42-60-55)56(62-45-50-32-20-13-21-33-50)57(63-46-51-34-22-14-23-35-51)54(61-44-49-30-18-12-19-31-49)40-28-11-9-7-6-8-10-17-29-48(2)64-65(58(3,4)5,52-36-24-15-25-37-52)53-38-26-16-27-39-53/h12-16,18-27,30-39,48,54-57H,1,6-11,17,28-29,40-46H2,2-5H3/t48-,54+,56+,57-/m0/s1. The summed E-state index contributed by atoms with van der Waals surface area (Å²) in [5.74, 6) is 0. The lowest BCUT2D eigenvalue weighted by molar-refractivity contribution is -0.146. The van der Waals surface area contributed by atoms with Crippen LogP contribution in [0.25, 0.3) is 0 Å². The first-order valence-electron chi connectivity index (χ1n) is 24.4. The molecule has 0 aromatic heterocycles. The maximum atomic E-state index is 7.35. The molecule has 0 radical (unpaired) electrons. The minimum Gasteiger partial charge on any atom is -0.405 e. The van der Waals surface area contributed by atoms with E-state index in [1.807, 2.05) is 30.3 Å². The topological polar surface area (TPSA) is 55.4 Å². The van der Waals surface area contributed by atoms with Crippen molar-refractivity contribution in [1.29, 1.82) is 0 Å². The Kier molecular flexibility index (Phi) is 20.7. The van der Waals surface area contributed by atoms with Crippen molar-refractivity contribution in [3.05, 3.63) is 181 Å². The second-order valence-corrected chi connectivity index (χ2v) is 23.1. The van der Waals surface area contributed by atoms with Gasteiger partial charge >= 0.3 is 0 Å². The van der Waals surface area contributed by atoms with E-state index in [0.717, 1.165) is 47.9 Å². The van der Waals surface area contributed by atoms with E-state index in [9.17, 15) is 0 Å². The van der Waals surface area contributed by atoms with Gasteiger partial charge in [0, 0.05) is 12.5 Å². The molecule has 1 heterocycles. The van der Waals surface area contributed by atoms with Gasteiger partial charge in [0.2, 0.25) is 0 Å². The number of hydrogen-bond donors (Lipinski definition) is 0. The summed E-state index contributed by atoms with van der Waals surface area (Å²) in [5.41, 5.74) is 4.23. The normalized spacial score (nSPS) is 15.4. The Hall–Kier alpha value is -4.18. The van der Waals surface area contributed by atoms with Crippen molar-refractivity contribution in [3.8, 4) is 0 Å². The highest BCUT2D eigenvalue weighted by atomic mass is 28.4. The van der Waals surface area contributed by atoms with Crippen LogP contribution in [0.2, 0.25) is 5.04 Å². The molecule has 1 fully saturated rings. The molecule has 5 aromatic carbocycles. The van der Waals surface area contributed by atoms with Crippen molar-refractivity contribution in [2.75, 3.05) is 13.2 Å². The fourth-order valence-electron chi connectivity index (χ4n) is 9.23. The highest BCUT2D eigenvalue weighted by Gasteiger charge is 2.51. The molecule has 0 amide bonds. The number of rotatable bonds is 29. The van der Waals surface area contributed by atoms with Crippen molar-refractivity contribution in [3.63, 3.8) is 0 Å². The third-order valence-electron chi connectivity index (χ3n) is 12.7. The quantitative estimate of drug-likeness (QED) is 0.0271. The predicted molar refractivity (Wildman–Crippen MR) is 269 cm³/mol. The van der Waals surface area contributed by atoms with Gasteiger partial charge in [0.05, 0.1) is 39.1 Å². The van der Waals surface area contributed by atoms with E-state index in [2.05, 4.69) is 156 Å². The molecule has 1 aliphatic heterocycles. The molecule has 0 saturated carbocycles. The van der Waals surface area contributed by atoms with E-state index in [-0.39, 0.29) is 23.5 Å². The Morgan fingerprint density at radius 1 is 0.554 bits per heavy atom. The lowest BCUT2D eigenvalue weighted by Gasteiger charge is -2.44. The van der Waals surface area contributed by atoms with Crippen molar-refractivity contribution in [2.45, 2.75) is 154 Å². The van der Waals surface area contributed by atoms with Crippen molar-refractivity contribution >= 4 is 18.7 Å². The Morgan fingerprint density at radius 3 is 1.42 bits per heavy atom. The van der Waals surface area contributed by atoms with Crippen LogP contribution in [0.1, 0.15) is 115 Å². The van der Waals surface area contributed by atoms with E-state index < -0.39 is 20.5 Å². The van der Waals surface area contributed by atoms with Gasteiger partial charge in [0.25, 0.3) is 8.32 Å². The summed E-state index contributed by atoms with van der Waals surface area (Å²) in [5, 5.41) is 2.68. The van der Waals surface area contributed by atoms with Crippen molar-refractivity contribution in [2.24, 2.45) is 0 Å². The Balaban J connectivity index is 1.04. The van der Waals surface area contributed by atoms with Gasteiger partial charge in [-0.05, 0) is 57.4 Å². The highest BCUT2D eigenvalue weighted by molar-refractivity contribution is 6.99. The maximum Gasteiger partial charge on any atom is 0.261 e. The van der Waals surface area contributed by atoms with Gasteiger partial charge in [-0.25, -0.2) is 0 Å². The van der Waals surface area contributed by atoms with Gasteiger partial charge in [-0.15, -0.1) is 0 Å². The molecule has 0 N–H and O–H groups in total. The summed E-state index contributed by atoms with van der Waals surface area (Å²) in [7, 11) is -2.54. The van der Waals surface area contributed by atoms with Crippen LogP contribution in [0.4, 0.5) is 0 Å². The lowest BCUT2D eigenvalue weighted by atomic mass is 9.94. The van der Waals surface area contributed by atoms with E-state index in [1.54, 1.807) is 0 Å². The molecule has 6 rings (SSSR count). The fourth-order valence-corrected chi connectivity index (χ4v) is 14.0. The molecule has 5 aromatic rings. The van der Waals surface area contributed by atoms with Crippen LogP contribution >= 0.6 is 0 Å². The molecule has 7 heteroatoms. The maximum absolute atomic E-state index is 7.35. The van der Waals surface area contributed by atoms with Gasteiger partial charge < -0.3 is 28.1 Å². The van der Waals surface area contributed by atoms with Crippen molar-refractivity contribution in [1.82, 2.24) is 0 Å². The minimum absolute atomic E-state index is 0.0135. The van der Waals surface area contributed by atoms with E-state index in [0.29, 0.717) is 39.5 Å². The first-order chi connectivity index (χ1) is 31.7. The number of unbranched alkanes of at least 4 members (excludes halogenated alkanes) is 7. The van der Waals surface area contributed by atoms with Gasteiger partial charge in [-0.3, -0.25) is 0 Å². The van der Waals surface area contributed by atoms with E-state index in [1.165, 1.54) is 48.9 Å². The molecule has 0 spiro atoms. The van der Waals surface area contributed by atoms with Crippen LogP contribution in [0.15, 0.2) is 164 Å². The first-order valence-corrected chi connectivity index (χ1v) is 26.3. The second kappa shape index (κ2) is 26.8. The molecule has 0 bridgehead atoms. The van der Waals surface area contributed by atoms with Gasteiger partial charge in [0.15, 0.2) is 6.29 Å². The number of ether oxygens (including phenoxy) is 5. The van der Waals surface area contributed by atoms with Gasteiger partial charge in [-0.1, -0.05) is 230 Å². The van der Waals surface area contributed by atoms with Gasteiger partial charge in [0.1, 0.15) is 12.2 Å². The fraction of sp³-hybridized carbons (Fsp3) is 0.448. The molecule has 0 aliphatic carbocycles. The van der Waals surface area contributed by atoms with Gasteiger partial charge in [-0.2, -0.15) is 0 Å². The average Bonchev–Trinajstić information content (AvgIpc) is 3.85. The average molecular weight is 897 g/mol. The first kappa shape index (κ1) is 50.2. The zero-order valence-corrected chi connectivity index (χ0v) is 40.8. The Bertz CT molecular complexity index is 1980. The summed E-state index contributed by atoms with van der Waals surface area (Å²) in [6.45, 7) is 16.5. The molecule has 1 aliphatic rings. The van der Waals surface area contributed by atoms with Crippen LogP contribution in [0.5, 0.6) is 0 Å². The molecule has 4 atom stereocenters. The summed E-state index contributed by atoms with van der Waals surface area (Å²) in [6, 6.07) is 53.1. The SMILES string of the molecule is C=C(CC1OCCO1)[C@@H](OCc1ccccc1)[C@@H](OCc1ccccc1)[C@@H](CCCCCCCCCC[C@H](C)O[Si](c1ccccc1)(c1ccccc1)C(C)(C)C)OCc1ccccc1. The van der Waals surface area contributed by atoms with Crippen LogP contribution in [-0.2, 0) is 47.9 Å². The van der Waals surface area contributed by atoms with Crippen LogP contribution in [-0.4, -0.2) is 52.2 Å². The van der Waals surface area contributed by atoms with Crippen LogP contribution in [0, 0.1) is 0 Å².